The zero-order chi connectivity index (χ0) is 50.0. The third-order valence-corrected chi connectivity index (χ3v) is 13.5. The smallest absolute Gasteiger partial charge is 0.251 e. The number of aryl methyl sites for hydroxylation is 2. The number of hydrogen-bond acceptors (Lipinski definition) is 12. The number of amides is 2. The lowest BCUT2D eigenvalue weighted by atomic mass is 9.97. The third kappa shape index (κ3) is 10.00. The van der Waals surface area contributed by atoms with Crippen LogP contribution < -0.4 is 34.1 Å². The highest BCUT2D eigenvalue weighted by atomic mass is 16.5. The molecule has 0 aliphatic carbocycles. The van der Waals surface area contributed by atoms with Crippen molar-refractivity contribution in [2.45, 2.75) is 52.2 Å². The minimum absolute atomic E-state index is 0.00899. The first-order valence-corrected chi connectivity index (χ1v) is 24.9. The van der Waals surface area contributed by atoms with Crippen molar-refractivity contribution in [1.82, 2.24) is 60.5 Å². The van der Waals surface area contributed by atoms with Crippen molar-refractivity contribution < 1.29 is 33.1 Å². The van der Waals surface area contributed by atoms with E-state index in [1.54, 1.807) is 27.8 Å². The molecule has 3 aliphatic heterocycles. The first kappa shape index (κ1) is 47.0. The van der Waals surface area contributed by atoms with Gasteiger partial charge < -0.3 is 29.6 Å². The fourth-order valence-corrected chi connectivity index (χ4v) is 9.59. The average molecular weight is 985 g/mol. The van der Waals surface area contributed by atoms with E-state index in [0.717, 1.165) is 92.8 Å². The predicted molar refractivity (Wildman–Crippen MR) is 276 cm³/mol. The monoisotopic (exact) mass is 984 g/mol. The highest BCUT2D eigenvalue weighted by molar-refractivity contribution is 5.97. The zero-order valence-electron chi connectivity index (χ0n) is 41.4. The molecule has 0 unspecified atom stereocenters. The summed E-state index contributed by atoms with van der Waals surface area (Å²) in [6.45, 7) is 8.42. The molecule has 1 saturated heterocycles. The summed E-state index contributed by atoms with van der Waals surface area (Å²) in [5.41, 5.74) is 9.21. The Balaban J connectivity index is 0.776. The molecule has 0 saturated carbocycles. The Bertz CT molecular complexity index is 3410. The molecule has 0 radical (unpaired) electrons. The van der Waals surface area contributed by atoms with Gasteiger partial charge in [-0.15, -0.1) is 0 Å². The summed E-state index contributed by atoms with van der Waals surface area (Å²) in [4.78, 5) is 33.8. The van der Waals surface area contributed by atoms with Gasteiger partial charge in [-0.3, -0.25) is 24.8 Å². The van der Waals surface area contributed by atoms with E-state index >= 15 is 0 Å². The van der Waals surface area contributed by atoms with E-state index in [4.69, 9.17) is 24.0 Å². The van der Waals surface area contributed by atoms with Gasteiger partial charge in [0.05, 0.1) is 73.2 Å². The Morgan fingerprint density at radius 1 is 0.712 bits per heavy atom. The van der Waals surface area contributed by atoms with Gasteiger partial charge in [0.25, 0.3) is 11.8 Å². The first-order chi connectivity index (χ1) is 35.6. The summed E-state index contributed by atoms with van der Waals surface area (Å²) in [5.74, 6) is 2.60. The molecular formula is C54H58N13O6+. The van der Waals surface area contributed by atoms with E-state index in [1.165, 1.54) is 0 Å². The summed E-state index contributed by atoms with van der Waals surface area (Å²) in [7, 11) is 3.73. The number of hydrogen-bond donors (Lipinski definition) is 4. The van der Waals surface area contributed by atoms with E-state index in [-0.39, 0.29) is 17.9 Å². The number of fused-ring (bicyclic) bond motifs is 8. The number of nitrogens with one attached hydrogen (secondary N) is 4. The number of pyridine rings is 2. The van der Waals surface area contributed by atoms with E-state index in [9.17, 15) is 9.59 Å². The second kappa shape index (κ2) is 20.4. The Kier molecular flexibility index (Phi) is 13.2. The van der Waals surface area contributed by atoms with Gasteiger partial charge in [0.15, 0.2) is 6.20 Å². The van der Waals surface area contributed by atoms with Crippen LogP contribution in [0.2, 0.25) is 0 Å². The van der Waals surface area contributed by atoms with Gasteiger partial charge in [0.1, 0.15) is 22.6 Å². The molecular weight excluding hydrogens is 927 g/mol. The molecule has 1 fully saturated rings. The van der Waals surface area contributed by atoms with Crippen molar-refractivity contribution in [2.75, 3.05) is 46.1 Å². The molecule has 9 heterocycles. The normalized spacial score (nSPS) is 16.3. The number of H-pyrrole nitrogens is 2. The average Bonchev–Trinajstić information content (AvgIpc) is 4.18. The Morgan fingerprint density at radius 3 is 2.11 bits per heavy atom. The number of carbonyl (C=O) groups is 2. The molecule has 19 nitrogen and oxygen atoms in total. The summed E-state index contributed by atoms with van der Waals surface area (Å²) in [6, 6.07) is 15.2. The number of nitrogens with zero attached hydrogens (tertiary/aromatic N) is 9. The number of likely N-dealkylation sites (tertiary alicyclic amines) is 1. The molecule has 4 N–H and O–H groups in total. The topological polar surface area (TPSA) is 208 Å². The van der Waals surface area contributed by atoms with Crippen LogP contribution in [0.5, 0.6) is 23.3 Å². The summed E-state index contributed by atoms with van der Waals surface area (Å²) in [6.07, 6.45) is 18.4. The van der Waals surface area contributed by atoms with Crippen molar-refractivity contribution in [3.8, 4) is 45.8 Å². The van der Waals surface area contributed by atoms with Gasteiger partial charge in [-0.05, 0) is 93.3 Å². The van der Waals surface area contributed by atoms with Gasteiger partial charge in [-0.2, -0.15) is 25.0 Å². The maximum Gasteiger partial charge on any atom is 0.251 e. The molecule has 19 heteroatoms. The number of aromatic amines is 2. The van der Waals surface area contributed by atoms with Crippen LogP contribution in [-0.2, 0) is 20.8 Å². The fourth-order valence-electron chi connectivity index (χ4n) is 9.59. The van der Waals surface area contributed by atoms with Crippen molar-refractivity contribution in [2.24, 2.45) is 20.0 Å². The van der Waals surface area contributed by atoms with Crippen LogP contribution in [0.25, 0.3) is 68.6 Å². The molecule has 3 aliphatic rings. The van der Waals surface area contributed by atoms with Crippen LogP contribution in [-0.4, -0.2) is 114 Å². The first-order valence-electron chi connectivity index (χ1n) is 24.9. The van der Waals surface area contributed by atoms with E-state index in [2.05, 4.69) is 62.8 Å². The lowest BCUT2D eigenvalue weighted by Crippen LogP contribution is -2.48. The largest absolute Gasteiger partial charge is 0.493 e. The highest BCUT2D eigenvalue weighted by Crippen LogP contribution is 2.34. The number of ether oxygens (including phenoxy) is 4. The maximum atomic E-state index is 13.8. The minimum Gasteiger partial charge on any atom is -0.493 e. The van der Waals surface area contributed by atoms with Crippen LogP contribution in [0.1, 0.15) is 82.8 Å². The van der Waals surface area contributed by atoms with Gasteiger partial charge in [0, 0.05) is 91.7 Å². The van der Waals surface area contributed by atoms with E-state index in [0.29, 0.717) is 92.8 Å². The van der Waals surface area contributed by atoms with Crippen molar-refractivity contribution in [3.63, 3.8) is 0 Å². The maximum absolute atomic E-state index is 13.8. The van der Waals surface area contributed by atoms with Crippen molar-refractivity contribution in [1.29, 1.82) is 0 Å². The SMILES string of the molecule is CC(C)NC(=O)c1ccc2c(c1)OCCCOc1c(cnn1C)-c1cc3c(n[nH]c3c[n+]1CN1CCC(CNC(=O)c3ccc4c(c3)/C=C/c3n[nH]c5cnc(cc35)-c3cnn(C)c3OCCCO4)CC1)/C=C/2. The van der Waals surface area contributed by atoms with Crippen LogP contribution in [0.4, 0.5) is 0 Å². The second-order valence-electron chi connectivity index (χ2n) is 19.1. The molecule has 2 amide bonds. The number of carbonyl (C=O) groups excluding carboxylic acids is 2. The molecule has 8 aromatic rings. The van der Waals surface area contributed by atoms with Crippen molar-refractivity contribution in [3.05, 3.63) is 107 Å². The number of piperidine rings is 1. The second-order valence-corrected chi connectivity index (χ2v) is 19.1. The molecule has 11 rings (SSSR count). The molecule has 4 bridgehead atoms. The zero-order valence-corrected chi connectivity index (χ0v) is 41.4. The van der Waals surface area contributed by atoms with Crippen LogP contribution in [0, 0.1) is 5.92 Å². The van der Waals surface area contributed by atoms with E-state index in [1.807, 2.05) is 94.8 Å². The standard InChI is InChI=1S/C54H57N13O6/c1-33(2)59-52(69)38-8-7-35-9-12-44-40-26-48(42-29-58-65(4)54(42)73-22-6-20-71-50(35)24-38)67(31-47(40)63-61-44)32-66-17-15-34(16-18-66)27-56-51(68)37-11-14-49-36(23-37)10-13-43-39-25-45(55-30-46(39)62-60-43)41-28-57-64(3)53(41)72-21-5-19-70-49/h7-14,23-26,28-31,33-34H,5-6,15-22,27,32H2,1-4H3,(H3,55,56,59,60,62,68,69)/p+1/b12-9+,13-10+. The lowest BCUT2D eigenvalue weighted by Gasteiger charge is -2.30. The van der Waals surface area contributed by atoms with Gasteiger partial charge >= 0.3 is 0 Å². The highest BCUT2D eigenvalue weighted by Gasteiger charge is 2.29. The minimum atomic E-state index is -0.151. The molecule has 6 aromatic heterocycles. The lowest BCUT2D eigenvalue weighted by molar-refractivity contribution is -0.704. The van der Waals surface area contributed by atoms with Gasteiger partial charge in [-0.1, -0.05) is 6.07 Å². The third-order valence-electron chi connectivity index (χ3n) is 13.5. The van der Waals surface area contributed by atoms with Crippen molar-refractivity contribution >= 4 is 57.9 Å². The Morgan fingerprint density at radius 2 is 1.36 bits per heavy atom. The Labute approximate surface area is 421 Å². The van der Waals surface area contributed by atoms with E-state index < -0.39 is 0 Å². The van der Waals surface area contributed by atoms with Gasteiger partial charge in [-0.25, -0.2) is 14.3 Å². The summed E-state index contributed by atoms with van der Waals surface area (Å²) >= 11 is 0. The summed E-state index contributed by atoms with van der Waals surface area (Å²) < 4.78 is 30.9. The summed E-state index contributed by atoms with van der Waals surface area (Å²) in [5, 5.41) is 32.7. The predicted octanol–water partition coefficient (Wildman–Crippen LogP) is 6.82. The quantitative estimate of drug-likeness (QED) is 0.121. The number of benzene rings is 2. The molecule has 374 valence electrons. The van der Waals surface area contributed by atoms with Gasteiger partial charge in [0.2, 0.25) is 24.1 Å². The molecule has 0 atom stereocenters. The van der Waals surface area contributed by atoms with Crippen LogP contribution in [0.3, 0.4) is 0 Å². The number of rotatable bonds is 7. The van der Waals surface area contributed by atoms with Crippen LogP contribution in [0.15, 0.2) is 73.3 Å². The van der Waals surface area contributed by atoms with Crippen LogP contribution >= 0.6 is 0 Å². The molecule has 73 heavy (non-hydrogen) atoms. The fraction of sp³-hybridized carbons (Fsp3) is 0.333. The number of aromatic nitrogens is 10. The Hall–Kier alpha value is -8.32. The molecule has 2 aromatic carbocycles. The molecule has 0 spiro atoms.